The molecule has 19 heavy (non-hydrogen) atoms. The van der Waals surface area contributed by atoms with Crippen LogP contribution in [0.25, 0.3) is 0 Å². The second-order valence-electron chi connectivity index (χ2n) is 5.07. The average Bonchev–Trinajstić information content (AvgIpc) is 2.28. The number of phenols is 1. The Hall–Kier alpha value is -2.08. The molecule has 0 spiro atoms. The molecule has 0 atom stereocenters. The van der Waals surface area contributed by atoms with E-state index < -0.39 is 11.5 Å². The minimum Gasteiger partial charge on any atom is -0.506 e. The van der Waals surface area contributed by atoms with Gasteiger partial charge in [0.2, 0.25) is 5.91 Å². The van der Waals surface area contributed by atoms with Crippen LogP contribution in [0.2, 0.25) is 0 Å². The molecule has 1 amide bonds. The third-order valence-electron chi connectivity index (χ3n) is 2.51. The number of carbonyl (C=O) groups is 2. The molecule has 0 aliphatic heterocycles. The van der Waals surface area contributed by atoms with E-state index in [0.717, 1.165) is 0 Å². The Morgan fingerprint density at radius 1 is 1.37 bits per heavy atom. The number of carboxylic acid groups (broad SMARTS) is 1. The van der Waals surface area contributed by atoms with Gasteiger partial charge >= 0.3 is 5.97 Å². The molecule has 0 aromatic heterocycles. The number of carboxylic acids is 1. The Labute approximate surface area is 111 Å². The summed E-state index contributed by atoms with van der Waals surface area (Å²) < 4.78 is 0. The van der Waals surface area contributed by atoms with Crippen LogP contribution in [-0.4, -0.2) is 27.6 Å². The summed E-state index contributed by atoms with van der Waals surface area (Å²) in [6.45, 7) is 3.62. The van der Waals surface area contributed by atoms with Crippen LogP contribution in [0, 0.1) is 0 Å². The zero-order valence-electron chi connectivity index (χ0n) is 10.9. The van der Waals surface area contributed by atoms with Crippen molar-refractivity contribution in [2.24, 2.45) is 5.73 Å². The minimum atomic E-state index is -1.13. The van der Waals surface area contributed by atoms with Crippen LogP contribution in [0.4, 0.5) is 5.69 Å². The van der Waals surface area contributed by atoms with E-state index in [1.165, 1.54) is 18.2 Å². The van der Waals surface area contributed by atoms with Crippen molar-refractivity contribution in [1.29, 1.82) is 0 Å². The Kier molecular flexibility index (Phi) is 4.50. The summed E-state index contributed by atoms with van der Waals surface area (Å²) in [5, 5.41) is 20.9. The van der Waals surface area contributed by atoms with Gasteiger partial charge in [0, 0.05) is 12.0 Å². The molecular weight excluding hydrogens is 248 g/mol. The maximum absolute atomic E-state index is 11.7. The van der Waals surface area contributed by atoms with Crippen LogP contribution in [0.1, 0.15) is 37.0 Å². The number of hydrogen-bond acceptors (Lipinski definition) is 4. The summed E-state index contributed by atoms with van der Waals surface area (Å²) in [5.41, 5.74) is 5.38. The lowest BCUT2D eigenvalue weighted by molar-refractivity contribution is -0.116. The molecule has 1 aromatic rings. The lowest BCUT2D eigenvalue weighted by Crippen LogP contribution is -2.33. The highest BCUT2D eigenvalue weighted by Crippen LogP contribution is 2.24. The predicted molar refractivity (Wildman–Crippen MR) is 71.2 cm³/mol. The first-order valence-corrected chi connectivity index (χ1v) is 5.84. The smallest absolute Gasteiger partial charge is 0.335 e. The molecule has 0 fully saturated rings. The van der Waals surface area contributed by atoms with Gasteiger partial charge in [0.05, 0.1) is 11.3 Å². The molecule has 0 unspecified atom stereocenters. The molecule has 5 N–H and O–H groups in total. The van der Waals surface area contributed by atoms with Crippen LogP contribution in [0.5, 0.6) is 5.75 Å². The highest BCUT2D eigenvalue weighted by atomic mass is 16.4. The standard InChI is InChI=1S/C13H18N2O4/c1-13(2,14)6-5-11(17)15-9-7-8(12(18)19)3-4-10(9)16/h3-4,7,16H,5-6,14H2,1-2H3,(H,15,17)(H,18,19). The van der Waals surface area contributed by atoms with Gasteiger partial charge in [-0.15, -0.1) is 0 Å². The number of nitrogens with one attached hydrogen (secondary N) is 1. The van der Waals surface area contributed by atoms with Gasteiger partial charge in [-0.1, -0.05) is 0 Å². The van der Waals surface area contributed by atoms with Gasteiger partial charge in [-0.2, -0.15) is 0 Å². The van der Waals surface area contributed by atoms with E-state index >= 15 is 0 Å². The quantitative estimate of drug-likeness (QED) is 0.604. The number of nitrogens with two attached hydrogens (primary N) is 1. The van der Waals surface area contributed by atoms with E-state index in [2.05, 4.69) is 5.32 Å². The van der Waals surface area contributed by atoms with Crippen LogP contribution in [0.3, 0.4) is 0 Å². The van der Waals surface area contributed by atoms with E-state index in [0.29, 0.717) is 6.42 Å². The first kappa shape index (κ1) is 15.0. The Balaban J connectivity index is 2.73. The predicted octanol–water partition coefficient (Wildman–Crippen LogP) is 1.55. The second kappa shape index (κ2) is 5.71. The van der Waals surface area contributed by atoms with E-state index in [9.17, 15) is 14.7 Å². The molecule has 6 nitrogen and oxygen atoms in total. The monoisotopic (exact) mass is 266 g/mol. The third-order valence-corrected chi connectivity index (χ3v) is 2.51. The average molecular weight is 266 g/mol. The van der Waals surface area contributed by atoms with Crippen molar-refractivity contribution in [3.8, 4) is 5.75 Å². The third kappa shape index (κ3) is 4.97. The Morgan fingerprint density at radius 3 is 2.53 bits per heavy atom. The zero-order valence-corrected chi connectivity index (χ0v) is 10.9. The number of carbonyl (C=O) groups excluding carboxylic acids is 1. The van der Waals surface area contributed by atoms with Crippen LogP contribution in [0.15, 0.2) is 18.2 Å². The van der Waals surface area contributed by atoms with Gasteiger partial charge in [0.1, 0.15) is 5.75 Å². The van der Waals surface area contributed by atoms with E-state index in [-0.39, 0.29) is 29.3 Å². The number of amides is 1. The molecule has 0 aliphatic carbocycles. The Bertz CT molecular complexity index is 492. The summed E-state index contributed by atoms with van der Waals surface area (Å²) in [4.78, 5) is 22.5. The van der Waals surface area contributed by atoms with Crippen LogP contribution >= 0.6 is 0 Å². The topological polar surface area (TPSA) is 113 Å². The van der Waals surface area contributed by atoms with E-state index in [1.807, 2.05) is 13.8 Å². The molecule has 0 heterocycles. The molecule has 0 aliphatic rings. The highest BCUT2D eigenvalue weighted by molar-refractivity contribution is 5.95. The SMILES string of the molecule is CC(C)(N)CCC(=O)Nc1cc(C(=O)O)ccc1O. The molecule has 0 saturated carbocycles. The molecular formula is C13H18N2O4. The number of phenolic OH excluding ortho intramolecular Hbond substituents is 1. The molecule has 104 valence electrons. The maximum atomic E-state index is 11.7. The van der Waals surface area contributed by atoms with Crippen molar-refractivity contribution < 1.29 is 19.8 Å². The maximum Gasteiger partial charge on any atom is 0.335 e. The van der Waals surface area contributed by atoms with E-state index in [4.69, 9.17) is 10.8 Å². The van der Waals surface area contributed by atoms with Gasteiger partial charge in [0.15, 0.2) is 0 Å². The molecule has 0 radical (unpaired) electrons. The van der Waals surface area contributed by atoms with Gasteiger partial charge in [-0.3, -0.25) is 4.79 Å². The summed E-state index contributed by atoms with van der Waals surface area (Å²) in [5.74, 6) is -1.62. The van der Waals surface area contributed by atoms with Crippen molar-refractivity contribution in [3.63, 3.8) is 0 Å². The number of anilines is 1. The fourth-order valence-corrected chi connectivity index (χ4v) is 1.42. The summed E-state index contributed by atoms with van der Waals surface area (Å²) in [6, 6.07) is 3.70. The van der Waals surface area contributed by atoms with Crippen LogP contribution < -0.4 is 11.1 Å². The summed E-state index contributed by atoms with van der Waals surface area (Å²) in [6.07, 6.45) is 0.679. The van der Waals surface area contributed by atoms with Crippen molar-refractivity contribution >= 4 is 17.6 Å². The van der Waals surface area contributed by atoms with Crippen molar-refractivity contribution in [1.82, 2.24) is 0 Å². The molecule has 1 aromatic carbocycles. The van der Waals surface area contributed by atoms with Gasteiger partial charge in [-0.25, -0.2) is 4.79 Å². The molecule has 6 heteroatoms. The number of rotatable bonds is 5. The highest BCUT2D eigenvalue weighted by Gasteiger charge is 2.15. The molecule has 1 rings (SSSR count). The van der Waals surface area contributed by atoms with Crippen molar-refractivity contribution in [2.45, 2.75) is 32.2 Å². The fraction of sp³-hybridized carbons (Fsp3) is 0.385. The van der Waals surface area contributed by atoms with Crippen molar-refractivity contribution in [2.75, 3.05) is 5.32 Å². The number of aromatic carboxylic acids is 1. The zero-order chi connectivity index (χ0) is 14.6. The lowest BCUT2D eigenvalue weighted by atomic mass is 10.00. The summed E-state index contributed by atoms with van der Waals surface area (Å²) in [7, 11) is 0. The Morgan fingerprint density at radius 2 is 2.00 bits per heavy atom. The van der Waals surface area contributed by atoms with E-state index in [1.54, 1.807) is 0 Å². The fourth-order valence-electron chi connectivity index (χ4n) is 1.42. The first-order valence-electron chi connectivity index (χ1n) is 5.84. The second-order valence-corrected chi connectivity index (χ2v) is 5.07. The molecule has 0 saturated heterocycles. The summed E-state index contributed by atoms with van der Waals surface area (Å²) >= 11 is 0. The molecule has 0 bridgehead atoms. The van der Waals surface area contributed by atoms with Gasteiger partial charge < -0.3 is 21.3 Å². The first-order chi connectivity index (χ1) is 8.69. The minimum absolute atomic E-state index is 0.00717. The number of aromatic hydroxyl groups is 1. The van der Waals surface area contributed by atoms with Gasteiger partial charge in [0.25, 0.3) is 0 Å². The lowest BCUT2D eigenvalue weighted by Gasteiger charge is -2.17. The van der Waals surface area contributed by atoms with Gasteiger partial charge in [-0.05, 0) is 38.5 Å². The number of hydrogen-bond donors (Lipinski definition) is 4. The van der Waals surface area contributed by atoms with Crippen LogP contribution in [-0.2, 0) is 4.79 Å². The normalized spacial score (nSPS) is 11.1. The number of benzene rings is 1. The largest absolute Gasteiger partial charge is 0.506 e. The van der Waals surface area contributed by atoms with Crippen molar-refractivity contribution in [3.05, 3.63) is 23.8 Å².